The maximum atomic E-state index is 10.7. The predicted molar refractivity (Wildman–Crippen MR) is 57.3 cm³/mol. The Balaban J connectivity index is 4.01. The van der Waals surface area contributed by atoms with Crippen LogP contribution in [0, 0.1) is 12.3 Å². The van der Waals surface area contributed by atoms with E-state index in [4.69, 9.17) is 17.9 Å². The lowest BCUT2D eigenvalue weighted by atomic mass is 10.1. The van der Waals surface area contributed by atoms with Crippen LogP contribution in [0.4, 0.5) is 0 Å². The summed E-state index contributed by atoms with van der Waals surface area (Å²) in [4.78, 5) is 10.7. The molecule has 4 nitrogen and oxygen atoms in total. The van der Waals surface area contributed by atoms with Crippen molar-refractivity contribution in [2.24, 2.45) is 11.5 Å². The standard InChI is InChI=1S/C10H19N3O/c1-3-5-8(4-2)13-9(7-11)6-10(12)14/h2,8-9,13H,3,5-7,11H2,1H3,(H2,12,14). The molecule has 0 aromatic rings. The summed E-state index contributed by atoms with van der Waals surface area (Å²) in [5.41, 5.74) is 10.6. The number of hydrogen-bond donors (Lipinski definition) is 3. The maximum Gasteiger partial charge on any atom is 0.219 e. The zero-order valence-electron chi connectivity index (χ0n) is 8.62. The highest BCUT2D eigenvalue weighted by atomic mass is 16.1. The largest absolute Gasteiger partial charge is 0.370 e. The van der Waals surface area contributed by atoms with Crippen LogP contribution in [-0.2, 0) is 4.79 Å². The predicted octanol–water partition coefficient (Wildman–Crippen LogP) is -0.419. The van der Waals surface area contributed by atoms with E-state index in [0.717, 1.165) is 12.8 Å². The van der Waals surface area contributed by atoms with Crippen molar-refractivity contribution in [3.8, 4) is 12.3 Å². The smallest absolute Gasteiger partial charge is 0.219 e. The molecule has 14 heavy (non-hydrogen) atoms. The molecule has 2 atom stereocenters. The molecule has 4 heteroatoms. The van der Waals surface area contributed by atoms with Gasteiger partial charge < -0.3 is 11.5 Å². The third-order valence-corrected chi connectivity index (χ3v) is 1.95. The van der Waals surface area contributed by atoms with E-state index in [9.17, 15) is 4.79 Å². The molecule has 0 aromatic carbocycles. The summed E-state index contributed by atoms with van der Waals surface area (Å²) >= 11 is 0. The van der Waals surface area contributed by atoms with Gasteiger partial charge in [-0.25, -0.2) is 0 Å². The molecule has 0 radical (unpaired) electrons. The molecule has 0 saturated heterocycles. The first kappa shape index (κ1) is 12.9. The zero-order valence-corrected chi connectivity index (χ0v) is 8.62. The molecule has 0 aliphatic carbocycles. The lowest BCUT2D eigenvalue weighted by Crippen LogP contribution is -2.44. The van der Waals surface area contributed by atoms with Gasteiger partial charge in [0.2, 0.25) is 5.91 Å². The highest BCUT2D eigenvalue weighted by Gasteiger charge is 2.13. The van der Waals surface area contributed by atoms with E-state index < -0.39 is 0 Å². The van der Waals surface area contributed by atoms with Crippen LogP contribution in [0.1, 0.15) is 26.2 Å². The average molecular weight is 197 g/mol. The summed E-state index contributed by atoms with van der Waals surface area (Å²) in [6, 6.07) is -0.131. The van der Waals surface area contributed by atoms with E-state index in [1.165, 1.54) is 0 Å². The van der Waals surface area contributed by atoms with Crippen LogP contribution in [0.3, 0.4) is 0 Å². The van der Waals surface area contributed by atoms with Crippen molar-refractivity contribution in [1.29, 1.82) is 0 Å². The molecular formula is C10H19N3O. The first-order chi connectivity index (χ1) is 6.63. The Morgan fingerprint density at radius 1 is 1.64 bits per heavy atom. The fourth-order valence-corrected chi connectivity index (χ4v) is 1.24. The quantitative estimate of drug-likeness (QED) is 0.485. The maximum absolute atomic E-state index is 10.7. The number of hydrogen-bond acceptors (Lipinski definition) is 3. The molecule has 0 rings (SSSR count). The van der Waals surface area contributed by atoms with Crippen molar-refractivity contribution in [1.82, 2.24) is 5.32 Å². The van der Waals surface area contributed by atoms with Gasteiger partial charge in [0.1, 0.15) is 0 Å². The SMILES string of the molecule is C#CC(CCC)NC(CN)CC(N)=O. The fraction of sp³-hybridized carbons (Fsp3) is 0.700. The summed E-state index contributed by atoms with van der Waals surface area (Å²) in [6.45, 7) is 2.42. The Bertz CT molecular complexity index is 210. The second-order valence-corrected chi connectivity index (χ2v) is 3.28. The average Bonchev–Trinajstić information content (AvgIpc) is 2.15. The topological polar surface area (TPSA) is 81.1 Å². The number of amides is 1. The molecule has 80 valence electrons. The second-order valence-electron chi connectivity index (χ2n) is 3.28. The summed E-state index contributed by atoms with van der Waals surface area (Å²) < 4.78 is 0. The second kappa shape index (κ2) is 7.36. The van der Waals surface area contributed by atoms with Gasteiger partial charge in [-0.3, -0.25) is 10.1 Å². The summed E-state index contributed by atoms with van der Waals surface area (Å²) in [5.74, 6) is 2.26. The minimum atomic E-state index is -0.361. The molecule has 1 amide bonds. The van der Waals surface area contributed by atoms with E-state index in [2.05, 4.69) is 18.2 Å². The van der Waals surface area contributed by atoms with Crippen LogP contribution in [-0.4, -0.2) is 24.5 Å². The number of primary amides is 1. The molecule has 0 bridgehead atoms. The van der Waals surface area contributed by atoms with Crippen molar-refractivity contribution in [3.05, 3.63) is 0 Å². The fourth-order valence-electron chi connectivity index (χ4n) is 1.24. The third kappa shape index (κ3) is 5.57. The molecular weight excluding hydrogens is 178 g/mol. The Morgan fingerprint density at radius 2 is 2.29 bits per heavy atom. The molecule has 0 heterocycles. The van der Waals surface area contributed by atoms with Crippen molar-refractivity contribution in [3.63, 3.8) is 0 Å². The normalized spacial score (nSPS) is 14.4. The van der Waals surface area contributed by atoms with E-state index >= 15 is 0 Å². The molecule has 0 aliphatic rings. The number of terminal acetylenes is 1. The van der Waals surface area contributed by atoms with Crippen LogP contribution >= 0.6 is 0 Å². The Hall–Kier alpha value is -1.05. The van der Waals surface area contributed by atoms with Gasteiger partial charge >= 0.3 is 0 Å². The van der Waals surface area contributed by atoms with Gasteiger partial charge in [0.15, 0.2) is 0 Å². The molecule has 0 spiro atoms. The third-order valence-electron chi connectivity index (χ3n) is 1.95. The Morgan fingerprint density at radius 3 is 2.64 bits per heavy atom. The van der Waals surface area contributed by atoms with Crippen LogP contribution in [0.5, 0.6) is 0 Å². The van der Waals surface area contributed by atoms with E-state index in [0.29, 0.717) is 6.54 Å². The van der Waals surface area contributed by atoms with Gasteiger partial charge in [0.05, 0.1) is 6.04 Å². The van der Waals surface area contributed by atoms with Gasteiger partial charge in [-0.1, -0.05) is 19.3 Å². The zero-order chi connectivity index (χ0) is 11.0. The number of nitrogens with one attached hydrogen (secondary N) is 1. The Labute approximate surface area is 85.4 Å². The van der Waals surface area contributed by atoms with Crippen molar-refractivity contribution < 1.29 is 4.79 Å². The van der Waals surface area contributed by atoms with Gasteiger partial charge in [0.25, 0.3) is 0 Å². The van der Waals surface area contributed by atoms with Gasteiger partial charge in [-0.15, -0.1) is 6.42 Å². The molecule has 0 fully saturated rings. The van der Waals surface area contributed by atoms with Gasteiger partial charge in [-0.05, 0) is 6.42 Å². The molecule has 5 N–H and O–H groups in total. The highest BCUT2D eigenvalue weighted by Crippen LogP contribution is 1.98. The monoisotopic (exact) mass is 197 g/mol. The van der Waals surface area contributed by atoms with Crippen LogP contribution in [0.25, 0.3) is 0 Å². The lowest BCUT2D eigenvalue weighted by molar-refractivity contribution is -0.118. The van der Waals surface area contributed by atoms with E-state index in [1.807, 2.05) is 0 Å². The molecule has 0 aromatic heterocycles. The number of carbonyl (C=O) groups excluding carboxylic acids is 1. The highest BCUT2D eigenvalue weighted by molar-refractivity contribution is 5.74. The number of nitrogens with two attached hydrogens (primary N) is 2. The van der Waals surface area contributed by atoms with Crippen molar-refractivity contribution >= 4 is 5.91 Å². The lowest BCUT2D eigenvalue weighted by Gasteiger charge is -2.19. The van der Waals surface area contributed by atoms with Gasteiger partial charge in [0, 0.05) is 19.0 Å². The summed E-state index contributed by atoms with van der Waals surface area (Å²) in [6.07, 6.45) is 7.43. The first-order valence-electron chi connectivity index (χ1n) is 4.84. The number of carbonyl (C=O) groups is 1. The van der Waals surface area contributed by atoms with Crippen LogP contribution < -0.4 is 16.8 Å². The van der Waals surface area contributed by atoms with Crippen molar-refractivity contribution in [2.45, 2.75) is 38.3 Å². The first-order valence-corrected chi connectivity index (χ1v) is 4.84. The van der Waals surface area contributed by atoms with E-state index in [-0.39, 0.29) is 24.4 Å². The van der Waals surface area contributed by atoms with Crippen molar-refractivity contribution in [2.75, 3.05) is 6.54 Å². The minimum Gasteiger partial charge on any atom is -0.370 e. The molecule has 0 aliphatic heterocycles. The Kier molecular flexibility index (Phi) is 6.81. The van der Waals surface area contributed by atoms with Crippen LogP contribution in [0.15, 0.2) is 0 Å². The van der Waals surface area contributed by atoms with Crippen LogP contribution in [0.2, 0.25) is 0 Å². The van der Waals surface area contributed by atoms with Gasteiger partial charge in [-0.2, -0.15) is 0 Å². The number of rotatable bonds is 7. The summed E-state index contributed by atoms with van der Waals surface area (Å²) in [5, 5.41) is 3.12. The molecule has 0 saturated carbocycles. The molecule has 2 unspecified atom stereocenters. The minimum absolute atomic E-state index is 0.0205. The van der Waals surface area contributed by atoms with E-state index in [1.54, 1.807) is 0 Å². The summed E-state index contributed by atoms with van der Waals surface area (Å²) in [7, 11) is 0.